The van der Waals surface area contributed by atoms with Crippen LogP contribution in [0.1, 0.15) is 5.56 Å². The number of imidazole rings is 1. The number of nitrogens with one attached hydrogen (secondary N) is 1. The molecule has 3 nitrogen and oxygen atoms in total. The quantitative estimate of drug-likeness (QED) is 0.741. The van der Waals surface area contributed by atoms with Gasteiger partial charge in [-0.1, -0.05) is 18.2 Å². The lowest BCUT2D eigenvalue weighted by Crippen LogP contribution is -2.01. The molecule has 0 amide bonds. The Hall–Kier alpha value is -2.14. The Labute approximate surface area is 120 Å². The van der Waals surface area contributed by atoms with Gasteiger partial charge in [0.1, 0.15) is 11.6 Å². The first-order chi connectivity index (χ1) is 9.69. The third-order valence-corrected chi connectivity index (χ3v) is 3.59. The first-order valence-electron chi connectivity index (χ1n) is 6.19. The van der Waals surface area contributed by atoms with E-state index in [0.717, 1.165) is 16.8 Å². The topological polar surface area (TPSA) is 29.9 Å². The van der Waals surface area contributed by atoms with Crippen LogP contribution in [-0.2, 0) is 6.54 Å². The molecule has 0 spiro atoms. The van der Waals surface area contributed by atoms with Crippen molar-refractivity contribution in [3.05, 3.63) is 58.6 Å². The van der Waals surface area contributed by atoms with Gasteiger partial charge in [-0.15, -0.1) is 0 Å². The molecule has 1 heterocycles. The third-order valence-electron chi connectivity index (χ3n) is 3.27. The van der Waals surface area contributed by atoms with Crippen molar-refractivity contribution >= 4 is 23.3 Å². The fraction of sp³-hybridized carbons (Fsp3) is 0.133. The largest absolute Gasteiger partial charge is 0.497 e. The van der Waals surface area contributed by atoms with Gasteiger partial charge in [0.25, 0.3) is 0 Å². The van der Waals surface area contributed by atoms with E-state index in [1.165, 1.54) is 6.07 Å². The normalized spacial score (nSPS) is 10.9. The monoisotopic (exact) mass is 288 g/mol. The minimum Gasteiger partial charge on any atom is -0.497 e. The summed E-state index contributed by atoms with van der Waals surface area (Å²) in [6, 6.07) is 12.4. The highest BCUT2D eigenvalue weighted by Crippen LogP contribution is 2.21. The number of ether oxygens (including phenoxy) is 1. The molecule has 0 saturated carbocycles. The predicted octanol–water partition coefficient (Wildman–Crippen LogP) is 3.89. The second-order valence-corrected chi connectivity index (χ2v) is 4.88. The van der Waals surface area contributed by atoms with Crippen molar-refractivity contribution in [3.8, 4) is 5.75 Å². The predicted molar refractivity (Wildman–Crippen MR) is 79.2 cm³/mol. The van der Waals surface area contributed by atoms with E-state index >= 15 is 0 Å². The molecule has 102 valence electrons. The summed E-state index contributed by atoms with van der Waals surface area (Å²) < 4.78 is 21.4. The molecule has 0 unspecified atom stereocenters. The van der Waals surface area contributed by atoms with Gasteiger partial charge in [-0.3, -0.25) is 0 Å². The average molecular weight is 288 g/mol. The highest BCUT2D eigenvalue weighted by molar-refractivity contribution is 7.71. The molecule has 0 fully saturated rings. The first kappa shape index (κ1) is 12.9. The van der Waals surface area contributed by atoms with Gasteiger partial charge in [0.2, 0.25) is 0 Å². The molecule has 3 aromatic rings. The maximum Gasteiger partial charge on any atom is 0.178 e. The van der Waals surface area contributed by atoms with E-state index < -0.39 is 0 Å². The van der Waals surface area contributed by atoms with E-state index in [-0.39, 0.29) is 5.82 Å². The van der Waals surface area contributed by atoms with Crippen molar-refractivity contribution in [3.63, 3.8) is 0 Å². The van der Waals surface area contributed by atoms with Crippen LogP contribution in [0.2, 0.25) is 0 Å². The van der Waals surface area contributed by atoms with Gasteiger partial charge < -0.3 is 14.3 Å². The van der Waals surface area contributed by atoms with Gasteiger partial charge in [0.05, 0.1) is 24.7 Å². The maximum atomic E-state index is 13.8. The van der Waals surface area contributed by atoms with Crippen molar-refractivity contribution in [2.75, 3.05) is 7.11 Å². The van der Waals surface area contributed by atoms with Crippen LogP contribution in [-0.4, -0.2) is 16.7 Å². The van der Waals surface area contributed by atoms with Crippen LogP contribution in [0.5, 0.6) is 5.75 Å². The molecule has 20 heavy (non-hydrogen) atoms. The molecule has 0 aliphatic carbocycles. The summed E-state index contributed by atoms with van der Waals surface area (Å²) in [4.78, 5) is 3.12. The molecular weight excluding hydrogens is 275 g/mol. The second kappa shape index (κ2) is 5.09. The lowest BCUT2D eigenvalue weighted by atomic mass is 10.2. The van der Waals surface area contributed by atoms with E-state index in [1.807, 2.05) is 28.8 Å². The van der Waals surface area contributed by atoms with Crippen LogP contribution in [0, 0.1) is 10.6 Å². The highest BCUT2D eigenvalue weighted by atomic mass is 32.1. The van der Waals surface area contributed by atoms with Gasteiger partial charge in [0.15, 0.2) is 4.77 Å². The number of aromatic nitrogens is 2. The molecule has 0 atom stereocenters. The smallest absolute Gasteiger partial charge is 0.178 e. The molecule has 0 bridgehead atoms. The molecule has 0 radical (unpaired) electrons. The van der Waals surface area contributed by atoms with E-state index in [0.29, 0.717) is 16.9 Å². The molecule has 1 N–H and O–H groups in total. The average Bonchev–Trinajstić information content (AvgIpc) is 2.76. The zero-order valence-corrected chi connectivity index (χ0v) is 11.7. The Morgan fingerprint density at radius 2 is 2.05 bits per heavy atom. The SMILES string of the molecule is COc1ccc2c(c1)[nH]c(=S)n2Cc1ccccc1F. The number of hydrogen-bond acceptors (Lipinski definition) is 2. The van der Waals surface area contributed by atoms with Crippen molar-refractivity contribution < 1.29 is 9.13 Å². The second-order valence-electron chi connectivity index (χ2n) is 4.49. The number of fused-ring (bicyclic) bond motifs is 1. The molecule has 5 heteroatoms. The lowest BCUT2D eigenvalue weighted by molar-refractivity contribution is 0.415. The number of aromatic amines is 1. The van der Waals surface area contributed by atoms with Crippen molar-refractivity contribution in [2.45, 2.75) is 6.54 Å². The number of nitrogens with zero attached hydrogens (tertiary/aromatic N) is 1. The first-order valence-corrected chi connectivity index (χ1v) is 6.60. The summed E-state index contributed by atoms with van der Waals surface area (Å²) in [5.74, 6) is 0.532. The zero-order valence-electron chi connectivity index (χ0n) is 10.9. The Morgan fingerprint density at radius 3 is 2.80 bits per heavy atom. The summed E-state index contributed by atoms with van der Waals surface area (Å²) in [7, 11) is 1.62. The van der Waals surface area contributed by atoms with Gasteiger partial charge >= 0.3 is 0 Å². The van der Waals surface area contributed by atoms with Crippen LogP contribution in [0.3, 0.4) is 0 Å². The van der Waals surface area contributed by atoms with Crippen LogP contribution in [0.15, 0.2) is 42.5 Å². The van der Waals surface area contributed by atoms with Crippen LogP contribution < -0.4 is 4.74 Å². The van der Waals surface area contributed by atoms with Gasteiger partial charge in [-0.05, 0) is 30.4 Å². The zero-order chi connectivity index (χ0) is 14.1. The van der Waals surface area contributed by atoms with E-state index in [4.69, 9.17) is 17.0 Å². The standard InChI is InChI=1S/C15H13FN2OS/c1-19-11-6-7-14-13(8-11)17-15(20)18(14)9-10-4-2-3-5-12(10)16/h2-8H,9H2,1H3,(H,17,20). The third kappa shape index (κ3) is 2.20. The number of methoxy groups -OCH3 is 1. The molecular formula is C15H13FN2OS. The minimum atomic E-state index is -0.225. The summed E-state index contributed by atoms with van der Waals surface area (Å²) in [5.41, 5.74) is 2.42. The lowest BCUT2D eigenvalue weighted by Gasteiger charge is -2.06. The fourth-order valence-electron chi connectivity index (χ4n) is 2.22. The summed E-state index contributed by atoms with van der Waals surface area (Å²) in [5, 5.41) is 0. The van der Waals surface area contributed by atoms with Crippen LogP contribution in [0.4, 0.5) is 4.39 Å². The molecule has 0 aliphatic heterocycles. The van der Waals surface area contributed by atoms with Crippen molar-refractivity contribution in [1.29, 1.82) is 0 Å². The Balaban J connectivity index is 2.10. The highest BCUT2D eigenvalue weighted by Gasteiger charge is 2.08. The fourth-order valence-corrected chi connectivity index (χ4v) is 2.50. The van der Waals surface area contributed by atoms with Crippen LogP contribution >= 0.6 is 12.2 Å². The molecule has 1 aromatic heterocycles. The Morgan fingerprint density at radius 1 is 1.25 bits per heavy atom. The van der Waals surface area contributed by atoms with E-state index in [2.05, 4.69) is 4.98 Å². The summed E-state index contributed by atoms with van der Waals surface area (Å²) in [6.45, 7) is 0.401. The van der Waals surface area contributed by atoms with Crippen LogP contribution in [0.25, 0.3) is 11.0 Å². The Kier molecular flexibility index (Phi) is 3.28. The van der Waals surface area contributed by atoms with Crippen molar-refractivity contribution in [1.82, 2.24) is 9.55 Å². The molecule has 0 aliphatic rings. The van der Waals surface area contributed by atoms with Gasteiger partial charge in [-0.2, -0.15) is 0 Å². The Bertz CT molecular complexity index is 822. The number of rotatable bonds is 3. The number of benzene rings is 2. The molecule has 0 saturated heterocycles. The minimum absolute atomic E-state index is 0.225. The van der Waals surface area contributed by atoms with E-state index in [1.54, 1.807) is 19.2 Å². The number of hydrogen-bond donors (Lipinski definition) is 1. The molecule has 3 rings (SSSR count). The number of halogens is 1. The maximum absolute atomic E-state index is 13.8. The van der Waals surface area contributed by atoms with E-state index in [9.17, 15) is 4.39 Å². The van der Waals surface area contributed by atoms with Gasteiger partial charge in [0, 0.05) is 11.6 Å². The molecule has 2 aromatic carbocycles. The summed E-state index contributed by atoms with van der Waals surface area (Å²) in [6.07, 6.45) is 0. The van der Waals surface area contributed by atoms with Crippen molar-refractivity contribution in [2.24, 2.45) is 0 Å². The number of H-pyrrole nitrogens is 1. The van der Waals surface area contributed by atoms with Gasteiger partial charge in [-0.25, -0.2) is 4.39 Å². The summed E-state index contributed by atoms with van der Waals surface area (Å²) >= 11 is 5.32.